The summed E-state index contributed by atoms with van der Waals surface area (Å²) in [7, 11) is 4.18. The molecule has 0 radical (unpaired) electrons. The maximum absolute atomic E-state index is 6.03. The summed E-state index contributed by atoms with van der Waals surface area (Å²) in [4.78, 5) is 2.18. The number of nitrogens with one attached hydrogen (secondary N) is 1. The first-order chi connectivity index (χ1) is 10.2. The van der Waals surface area contributed by atoms with Gasteiger partial charge in [-0.1, -0.05) is 37.3 Å². The average Bonchev–Trinajstić information content (AvgIpc) is 2.49. The topological polar surface area (TPSA) is 24.5 Å². The van der Waals surface area contributed by atoms with E-state index in [4.69, 9.17) is 4.74 Å². The van der Waals surface area contributed by atoms with E-state index in [9.17, 15) is 0 Å². The van der Waals surface area contributed by atoms with Crippen LogP contribution in [0.15, 0.2) is 36.4 Å². The fraction of sp³-hybridized carbons (Fsp3) is 0.444. The van der Waals surface area contributed by atoms with Crippen LogP contribution in [0.4, 0.5) is 0 Å². The third kappa shape index (κ3) is 4.45. The van der Waals surface area contributed by atoms with Crippen LogP contribution in [0.2, 0.25) is 0 Å². The minimum Gasteiger partial charge on any atom is -0.493 e. The Kier molecular flexibility index (Phi) is 6.03. The van der Waals surface area contributed by atoms with Gasteiger partial charge in [-0.15, -0.1) is 0 Å². The lowest BCUT2D eigenvalue weighted by Crippen LogP contribution is -2.16. The standard InChI is InChI=1S/C18H26N2O/c1-4-19-14-17-16-9-6-5-8-15(16)10-11-18(17)21-13-7-12-20(2)3/h5-6,8-11,19H,4,7,12-14H2,1-3H3. The fourth-order valence-corrected chi connectivity index (χ4v) is 2.45. The van der Waals surface area contributed by atoms with Crippen molar-refractivity contribution in [3.05, 3.63) is 42.0 Å². The number of nitrogens with zero attached hydrogens (tertiary/aromatic N) is 1. The van der Waals surface area contributed by atoms with E-state index < -0.39 is 0 Å². The summed E-state index contributed by atoms with van der Waals surface area (Å²) in [5.41, 5.74) is 1.26. The van der Waals surface area contributed by atoms with Crippen molar-refractivity contribution in [2.45, 2.75) is 19.9 Å². The Morgan fingerprint density at radius 3 is 2.67 bits per heavy atom. The monoisotopic (exact) mass is 286 g/mol. The first-order valence-corrected chi connectivity index (χ1v) is 7.71. The molecule has 0 saturated carbocycles. The molecule has 3 nitrogen and oxygen atoms in total. The summed E-state index contributed by atoms with van der Waals surface area (Å²) >= 11 is 0. The summed E-state index contributed by atoms with van der Waals surface area (Å²) in [6.45, 7) is 5.75. The lowest BCUT2D eigenvalue weighted by molar-refractivity contribution is 0.279. The van der Waals surface area contributed by atoms with Crippen LogP contribution in [0.1, 0.15) is 18.9 Å². The highest BCUT2D eigenvalue weighted by atomic mass is 16.5. The highest BCUT2D eigenvalue weighted by molar-refractivity contribution is 5.87. The lowest BCUT2D eigenvalue weighted by Gasteiger charge is -2.15. The van der Waals surface area contributed by atoms with Crippen LogP contribution in [-0.4, -0.2) is 38.7 Å². The SMILES string of the molecule is CCNCc1c(OCCCN(C)C)ccc2ccccc12. The minimum absolute atomic E-state index is 0.760. The van der Waals surface area contributed by atoms with Crippen LogP contribution in [-0.2, 0) is 6.54 Å². The molecule has 1 N–H and O–H groups in total. The molecular formula is C18H26N2O. The van der Waals surface area contributed by atoms with E-state index in [-0.39, 0.29) is 0 Å². The molecule has 2 rings (SSSR count). The largest absolute Gasteiger partial charge is 0.493 e. The molecule has 2 aromatic carbocycles. The molecule has 0 amide bonds. The Bertz CT molecular complexity index is 566. The molecule has 114 valence electrons. The van der Waals surface area contributed by atoms with Crippen molar-refractivity contribution in [2.24, 2.45) is 0 Å². The number of benzene rings is 2. The molecule has 0 aliphatic carbocycles. The van der Waals surface area contributed by atoms with E-state index in [1.54, 1.807) is 0 Å². The van der Waals surface area contributed by atoms with Gasteiger partial charge in [0.25, 0.3) is 0 Å². The molecule has 0 aromatic heterocycles. The van der Waals surface area contributed by atoms with E-state index in [0.29, 0.717) is 0 Å². The summed E-state index contributed by atoms with van der Waals surface area (Å²) < 4.78 is 6.03. The number of hydrogen-bond acceptors (Lipinski definition) is 3. The van der Waals surface area contributed by atoms with E-state index in [0.717, 1.165) is 38.4 Å². The third-order valence-electron chi connectivity index (χ3n) is 3.56. The number of hydrogen-bond donors (Lipinski definition) is 1. The fourth-order valence-electron chi connectivity index (χ4n) is 2.45. The van der Waals surface area contributed by atoms with Gasteiger partial charge in [-0.25, -0.2) is 0 Å². The van der Waals surface area contributed by atoms with Crippen molar-refractivity contribution in [1.82, 2.24) is 10.2 Å². The van der Waals surface area contributed by atoms with Gasteiger partial charge in [0, 0.05) is 18.7 Å². The van der Waals surface area contributed by atoms with Crippen molar-refractivity contribution in [1.29, 1.82) is 0 Å². The third-order valence-corrected chi connectivity index (χ3v) is 3.56. The highest BCUT2D eigenvalue weighted by Crippen LogP contribution is 2.28. The van der Waals surface area contributed by atoms with Gasteiger partial charge in [-0.05, 0) is 43.9 Å². The first-order valence-electron chi connectivity index (χ1n) is 7.71. The van der Waals surface area contributed by atoms with Gasteiger partial charge >= 0.3 is 0 Å². The van der Waals surface area contributed by atoms with Crippen LogP contribution in [0.5, 0.6) is 5.75 Å². The summed E-state index contributed by atoms with van der Waals surface area (Å²) in [6, 6.07) is 12.7. The van der Waals surface area contributed by atoms with Gasteiger partial charge in [0.2, 0.25) is 0 Å². The van der Waals surface area contributed by atoms with Gasteiger partial charge < -0.3 is 15.0 Å². The molecule has 2 aromatic rings. The number of ether oxygens (including phenoxy) is 1. The molecule has 0 saturated heterocycles. The molecule has 0 spiro atoms. The first kappa shape index (κ1) is 15.8. The molecule has 3 heteroatoms. The Labute approximate surface area is 127 Å². The second-order valence-electron chi connectivity index (χ2n) is 5.55. The van der Waals surface area contributed by atoms with E-state index >= 15 is 0 Å². The van der Waals surface area contributed by atoms with E-state index in [2.05, 4.69) is 67.6 Å². The molecule has 0 aliphatic rings. The van der Waals surface area contributed by atoms with Crippen molar-refractivity contribution >= 4 is 10.8 Å². The predicted molar refractivity (Wildman–Crippen MR) is 90.0 cm³/mol. The second-order valence-corrected chi connectivity index (χ2v) is 5.55. The molecule has 0 heterocycles. The van der Waals surface area contributed by atoms with Crippen molar-refractivity contribution in [3.8, 4) is 5.75 Å². The minimum atomic E-state index is 0.760. The van der Waals surface area contributed by atoms with Crippen molar-refractivity contribution in [3.63, 3.8) is 0 Å². The summed E-state index contributed by atoms with van der Waals surface area (Å²) in [5.74, 6) is 1.01. The van der Waals surface area contributed by atoms with Crippen LogP contribution in [0.25, 0.3) is 10.8 Å². The molecule has 0 aliphatic heterocycles. The lowest BCUT2D eigenvalue weighted by atomic mass is 10.0. The molecular weight excluding hydrogens is 260 g/mol. The normalized spacial score (nSPS) is 11.2. The molecule has 0 unspecified atom stereocenters. The Hall–Kier alpha value is -1.58. The quantitative estimate of drug-likeness (QED) is 0.754. The Balaban J connectivity index is 2.16. The van der Waals surface area contributed by atoms with Gasteiger partial charge in [0.1, 0.15) is 5.75 Å². The van der Waals surface area contributed by atoms with E-state index in [1.807, 2.05) is 0 Å². The Morgan fingerprint density at radius 1 is 1.10 bits per heavy atom. The van der Waals surface area contributed by atoms with Crippen LogP contribution < -0.4 is 10.1 Å². The molecule has 0 atom stereocenters. The molecule has 0 bridgehead atoms. The highest BCUT2D eigenvalue weighted by Gasteiger charge is 2.08. The smallest absolute Gasteiger partial charge is 0.124 e. The maximum Gasteiger partial charge on any atom is 0.124 e. The van der Waals surface area contributed by atoms with Crippen LogP contribution >= 0.6 is 0 Å². The maximum atomic E-state index is 6.03. The van der Waals surface area contributed by atoms with Gasteiger partial charge in [0.05, 0.1) is 6.61 Å². The van der Waals surface area contributed by atoms with Crippen molar-refractivity contribution in [2.75, 3.05) is 33.8 Å². The van der Waals surface area contributed by atoms with Gasteiger partial charge in [0.15, 0.2) is 0 Å². The van der Waals surface area contributed by atoms with Gasteiger partial charge in [-0.2, -0.15) is 0 Å². The predicted octanol–water partition coefficient (Wildman–Crippen LogP) is 3.28. The zero-order chi connectivity index (χ0) is 15.1. The van der Waals surface area contributed by atoms with Crippen LogP contribution in [0, 0.1) is 0 Å². The second kappa shape index (κ2) is 8.01. The van der Waals surface area contributed by atoms with Crippen molar-refractivity contribution < 1.29 is 4.74 Å². The number of fused-ring (bicyclic) bond motifs is 1. The van der Waals surface area contributed by atoms with E-state index in [1.165, 1.54) is 16.3 Å². The Morgan fingerprint density at radius 2 is 1.90 bits per heavy atom. The zero-order valence-corrected chi connectivity index (χ0v) is 13.4. The number of rotatable bonds is 8. The summed E-state index contributed by atoms with van der Waals surface area (Å²) in [6.07, 6.45) is 1.04. The summed E-state index contributed by atoms with van der Waals surface area (Å²) in [5, 5.41) is 5.97. The molecule has 21 heavy (non-hydrogen) atoms. The molecule has 0 fully saturated rings. The van der Waals surface area contributed by atoms with Gasteiger partial charge in [-0.3, -0.25) is 0 Å². The zero-order valence-electron chi connectivity index (χ0n) is 13.4. The van der Waals surface area contributed by atoms with Crippen LogP contribution in [0.3, 0.4) is 0 Å². The average molecular weight is 286 g/mol.